The molecule has 3 heterocycles. The van der Waals surface area contributed by atoms with E-state index < -0.39 is 22.7 Å². The second-order valence-electron chi connectivity index (χ2n) is 11.5. The van der Waals surface area contributed by atoms with Crippen LogP contribution in [0, 0.1) is 0 Å². The standard InChI is InChI=1S/C33H30N8O5/c1-17-38-31(40-46-17)21-7-9-22-20(13-21)8-10-23(22)39-33(45)25-14-24(36-16-37-25)32(44)35-15-18-5-6-19-4-2-3-11-41(26(19)12-18)28-27(34)29(42)30(28)43/h5-7,9,12-14,16,23H,1-4,8,10-11,15,34H2,(H,35,44)(H,38,40)(H,39,45)/t23-/m0/s1. The van der Waals surface area contributed by atoms with Crippen molar-refractivity contribution in [2.24, 2.45) is 4.99 Å². The van der Waals surface area contributed by atoms with Crippen LogP contribution in [-0.2, 0) is 24.2 Å². The zero-order valence-corrected chi connectivity index (χ0v) is 24.8. The van der Waals surface area contributed by atoms with E-state index in [1.54, 1.807) is 0 Å². The van der Waals surface area contributed by atoms with Crippen LogP contribution in [0.4, 0.5) is 17.1 Å². The van der Waals surface area contributed by atoms with Crippen LogP contribution in [0.1, 0.15) is 74.1 Å². The van der Waals surface area contributed by atoms with Gasteiger partial charge in [-0.1, -0.05) is 24.3 Å². The number of hydroxylamine groups is 1. The molecular weight excluding hydrogens is 588 g/mol. The number of hydrogen-bond acceptors (Lipinski definition) is 11. The molecule has 0 spiro atoms. The highest BCUT2D eigenvalue weighted by molar-refractivity contribution is 6.00. The lowest BCUT2D eigenvalue weighted by Crippen LogP contribution is -2.41. The van der Waals surface area contributed by atoms with Crippen molar-refractivity contribution < 1.29 is 14.4 Å². The van der Waals surface area contributed by atoms with E-state index in [1.807, 2.05) is 41.3 Å². The summed E-state index contributed by atoms with van der Waals surface area (Å²) >= 11 is 0. The molecule has 1 atom stereocenters. The topological polar surface area (TPSA) is 181 Å². The minimum absolute atomic E-state index is 0.0128. The number of benzene rings is 2. The Morgan fingerprint density at radius 3 is 2.61 bits per heavy atom. The van der Waals surface area contributed by atoms with Gasteiger partial charge in [0, 0.05) is 30.4 Å². The minimum Gasteiger partial charge on any atom is -0.394 e. The summed E-state index contributed by atoms with van der Waals surface area (Å²) in [4.78, 5) is 69.7. The van der Waals surface area contributed by atoms with Crippen molar-refractivity contribution >= 4 is 34.7 Å². The number of aryl methyl sites for hydroxylation is 2. The second-order valence-corrected chi connectivity index (χ2v) is 11.5. The molecule has 3 aliphatic rings. The SMILES string of the molecule is C=C1N=C(c2ccc3c(c2)CC[C@@H]3NC(=O)c2cc(C(=O)NCc3ccc4c(c3)N(c3c(N)c(=O)c3=O)CCCC4)ncn2)NO1. The molecule has 0 saturated heterocycles. The van der Waals surface area contributed by atoms with Gasteiger partial charge in [-0.25, -0.2) is 15.4 Å². The van der Waals surface area contributed by atoms with Crippen molar-refractivity contribution in [2.75, 3.05) is 17.2 Å². The van der Waals surface area contributed by atoms with E-state index in [2.05, 4.69) is 37.7 Å². The van der Waals surface area contributed by atoms with E-state index in [0.29, 0.717) is 18.3 Å². The van der Waals surface area contributed by atoms with Crippen LogP contribution in [0.5, 0.6) is 0 Å². The van der Waals surface area contributed by atoms with Gasteiger partial charge in [-0.05, 0) is 73.1 Å². The van der Waals surface area contributed by atoms with Crippen molar-refractivity contribution in [1.82, 2.24) is 26.1 Å². The molecule has 46 heavy (non-hydrogen) atoms. The predicted molar refractivity (Wildman–Crippen MR) is 170 cm³/mol. The fraction of sp³-hybridized carbons (Fsp3) is 0.242. The van der Waals surface area contributed by atoms with Crippen LogP contribution in [0.15, 0.2) is 75.8 Å². The van der Waals surface area contributed by atoms with Crippen molar-refractivity contribution in [3.63, 3.8) is 0 Å². The lowest BCUT2D eigenvalue weighted by atomic mass is 10.0. The van der Waals surface area contributed by atoms with Crippen LogP contribution in [0.3, 0.4) is 0 Å². The number of nitrogens with one attached hydrogen (secondary N) is 3. The average molecular weight is 619 g/mol. The molecule has 2 amide bonds. The summed E-state index contributed by atoms with van der Waals surface area (Å²) in [5.41, 5.74) is 13.4. The third-order valence-corrected chi connectivity index (χ3v) is 8.60. The molecule has 0 unspecified atom stereocenters. The van der Waals surface area contributed by atoms with E-state index in [4.69, 9.17) is 10.6 Å². The van der Waals surface area contributed by atoms with Crippen molar-refractivity contribution in [3.8, 4) is 0 Å². The fourth-order valence-corrected chi connectivity index (χ4v) is 6.21. The normalized spacial score (nSPS) is 17.0. The van der Waals surface area contributed by atoms with Gasteiger partial charge in [-0.3, -0.25) is 19.2 Å². The number of hydrogen-bond donors (Lipinski definition) is 4. The summed E-state index contributed by atoms with van der Waals surface area (Å²) in [7, 11) is 0. The highest BCUT2D eigenvalue weighted by Crippen LogP contribution is 2.35. The maximum Gasteiger partial charge on any atom is 0.270 e. The first-order valence-electron chi connectivity index (χ1n) is 15.0. The number of amides is 2. The summed E-state index contributed by atoms with van der Waals surface area (Å²) in [6.07, 6.45) is 5.30. The Bertz CT molecular complexity index is 2030. The molecule has 13 heteroatoms. The summed E-state index contributed by atoms with van der Waals surface area (Å²) in [6, 6.07) is 12.8. The number of rotatable bonds is 7. The van der Waals surface area contributed by atoms with Gasteiger partial charge in [0.05, 0.1) is 6.04 Å². The first-order chi connectivity index (χ1) is 22.3. The fourth-order valence-electron chi connectivity index (χ4n) is 6.21. The Morgan fingerprint density at radius 1 is 1.00 bits per heavy atom. The molecule has 0 saturated carbocycles. The summed E-state index contributed by atoms with van der Waals surface area (Å²) in [5, 5.41) is 5.88. The first kappa shape index (κ1) is 28.9. The molecule has 232 valence electrons. The first-order valence-corrected chi connectivity index (χ1v) is 15.0. The molecule has 5 N–H and O–H groups in total. The molecule has 1 aliphatic carbocycles. The number of nitrogens with zero attached hydrogens (tertiary/aromatic N) is 4. The molecule has 4 aromatic rings. The second kappa shape index (κ2) is 11.6. The van der Waals surface area contributed by atoms with E-state index >= 15 is 0 Å². The van der Waals surface area contributed by atoms with Gasteiger partial charge in [0.25, 0.3) is 22.7 Å². The third kappa shape index (κ3) is 5.25. The molecule has 0 fully saturated rings. The Hall–Kier alpha value is -5.85. The molecule has 0 bridgehead atoms. The number of nitrogens with two attached hydrogens (primary N) is 1. The monoisotopic (exact) mass is 618 g/mol. The van der Waals surface area contributed by atoms with Gasteiger partial charge in [-0.15, -0.1) is 0 Å². The Morgan fingerprint density at radius 2 is 1.83 bits per heavy atom. The minimum atomic E-state index is -0.653. The average Bonchev–Trinajstić information content (AvgIpc) is 3.64. The zero-order chi connectivity index (χ0) is 31.9. The van der Waals surface area contributed by atoms with Crippen molar-refractivity contribution in [2.45, 2.75) is 44.7 Å². The number of aromatic nitrogens is 2. The summed E-state index contributed by atoms with van der Waals surface area (Å²) in [5.74, 6) is 0.00415. The predicted octanol–water partition coefficient (Wildman–Crippen LogP) is 2.23. The largest absolute Gasteiger partial charge is 0.394 e. The number of carbonyl (C=O) groups excluding carboxylic acids is 2. The number of aliphatic imine (C=N–C) groups is 1. The number of anilines is 3. The number of fused-ring (bicyclic) bond motifs is 2. The number of nitrogen functional groups attached to an aromatic ring is 1. The smallest absolute Gasteiger partial charge is 0.270 e. The maximum absolute atomic E-state index is 13.2. The van der Waals surface area contributed by atoms with E-state index in [1.165, 1.54) is 12.4 Å². The number of carbonyl (C=O) groups is 2. The van der Waals surface area contributed by atoms with Crippen LogP contribution in [0.25, 0.3) is 0 Å². The zero-order valence-electron chi connectivity index (χ0n) is 24.8. The summed E-state index contributed by atoms with van der Waals surface area (Å²) < 4.78 is 0. The Balaban J connectivity index is 1.01. The molecular formula is C33H30N8O5. The van der Waals surface area contributed by atoms with Crippen molar-refractivity contribution in [1.29, 1.82) is 0 Å². The molecule has 7 rings (SSSR count). The third-order valence-electron chi connectivity index (χ3n) is 8.60. The van der Waals surface area contributed by atoms with Gasteiger partial charge in [0.15, 0.2) is 5.84 Å². The maximum atomic E-state index is 13.2. The van der Waals surface area contributed by atoms with Gasteiger partial charge >= 0.3 is 0 Å². The molecule has 0 radical (unpaired) electrons. The van der Waals surface area contributed by atoms with Gasteiger partial charge in [0.1, 0.15) is 29.1 Å². The van der Waals surface area contributed by atoms with Crippen LogP contribution >= 0.6 is 0 Å². The van der Waals surface area contributed by atoms with E-state index in [9.17, 15) is 19.2 Å². The lowest BCUT2D eigenvalue weighted by molar-refractivity contribution is 0.0931. The van der Waals surface area contributed by atoms with Gasteiger partial charge in [0.2, 0.25) is 5.88 Å². The molecule has 1 aromatic heterocycles. The van der Waals surface area contributed by atoms with Crippen LogP contribution in [0.2, 0.25) is 0 Å². The quantitative estimate of drug-likeness (QED) is 0.224. The van der Waals surface area contributed by atoms with Crippen molar-refractivity contribution in [3.05, 3.63) is 121 Å². The van der Waals surface area contributed by atoms with Crippen LogP contribution < -0.4 is 37.6 Å². The number of amidine groups is 1. The summed E-state index contributed by atoms with van der Waals surface area (Å²) in [6.45, 7) is 4.41. The van der Waals surface area contributed by atoms with E-state index in [-0.39, 0.29) is 35.3 Å². The Kier molecular flexibility index (Phi) is 7.27. The highest BCUT2D eigenvalue weighted by atomic mass is 16.7. The Labute approximate surface area is 262 Å². The highest BCUT2D eigenvalue weighted by Gasteiger charge is 2.29. The molecule has 13 nitrogen and oxygen atoms in total. The van der Waals surface area contributed by atoms with Crippen LogP contribution in [-0.4, -0.2) is 34.2 Å². The van der Waals surface area contributed by atoms with Gasteiger partial charge < -0.3 is 26.1 Å². The van der Waals surface area contributed by atoms with Gasteiger partial charge in [-0.2, -0.15) is 4.99 Å². The molecule has 3 aromatic carbocycles. The lowest BCUT2D eigenvalue weighted by Gasteiger charge is -2.27. The van der Waals surface area contributed by atoms with E-state index in [0.717, 1.165) is 65.6 Å². The molecule has 2 aliphatic heterocycles.